The highest BCUT2D eigenvalue weighted by Gasteiger charge is 2.18. The number of thioether (sulfide) groups is 1. The quantitative estimate of drug-likeness (QED) is 0.718. The molecule has 0 aromatic heterocycles. The monoisotopic (exact) mass is 380 g/mol. The molecule has 0 atom stereocenters. The van der Waals surface area contributed by atoms with E-state index in [0.29, 0.717) is 23.7 Å². The molecule has 2 N–H and O–H groups in total. The molecular formula is C17H20N2O4S2. The largest absolute Gasteiger partial charge is 0.492 e. The fourth-order valence-electron chi connectivity index (χ4n) is 2.18. The van der Waals surface area contributed by atoms with Gasteiger partial charge in [-0.2, -0.15) is 0 Å². The normalized spacial score (nSPS) is 11.0. The van der Waals surface area contributed by atoms with Crippen molar-refractivity contribution >= 4 is 39.1 Å². The Morgan fingerprint density at radius 2 is 1.88 bits per heavy atom. The highest BCUT2D eigenvalue weighted by Crippen LogP contribution is 2.31. The first kappa shape index (κ1) is 19.1. The van der Waals surface area contributed by atoms with E-state index in [1.54, 1.807) is 12.1 Å². The number of hydrogen-bond donors (Lipinski definition) is 2. The van der Waals surface area contributed by atoms with E-state index in [1.807, 2.05) is 25.3 Å². The molecule has 2 aromatic carbocycles. The molecule has 0 fully saturated rings. The first-order valence-electron chi connectivity index (χ1n) is 7.57. The molecule has 0 spiro atoms. The van der Waals surface area contributed by atoms with Gasteiger partial charge in [-0.15, -0.1) is 11.8 Å². The van der Waals surface area contributed by atoms with Crippen LogP contribution >= 0.6 is 11.8 Å². The molecule has 0 unspecified atom stereocenters. The smallest absolute Gasteiger partial charge is 0.262 e. The Balaban J connectivity index is 2.40. The molecule has 134 valence electrons. The predicted molar refractivity (Wildman–Crippen MR) is 101 cm³/mol. The topological polar surface area (TPSA) is 84.5 Å². The summed E-state index contributed by atoms with van der Waals surface area (Å²) in [7, 11) is -3.81. The molecule has 0 heterocycles. The number of sulfonamides is 1. The maximum absolute atomic E-state index is 12.7. The summed E-state index contributed by atoms with van der Waals surface area (Å²) in [6.45, 7) is 3.56. The molecule has 25 heavy (non-hydrogen) atoms. The van der Waals surface area contributed by atoms with Crippen molar-refractivity contribution in [2.45, 2.75) is 23.6 Å². The summed E-state index contributed by atoms with van der Waals surface area (Å²) in [5.41, 5.74) is 0.820. The summed E-state index contributed by atoms with van der Waals surface area (Å²) in [5, 5.41) is 2.60. The van der Waals surface area contributed by atoms with Crippen molar-refractivity contribution < 1.29 is 17.9 Å². The molecule has 0 aliphatic rings. The van der Waals surface area contributed by atoms with Crippen LogP contribution in [-0.4, -0.2) is 27.2 Å². The van der Waals surface area contributed by atoms with Crippen LogP contribution in [0.1, 0.15) is 13.8 Å². The number of carbonyl (C=O) groups is 1. The number of amides is 1. The lowest BCUT2D eigenvalue weighted by molar-refractivity contribution is -0.114. The number of carbonyl (C=O) groups excluding carboxylic acids is 1. The summed E-state index contributed by atoms with van der Waals surface area (Å²) < 4.78 is 33.4. The average Bonchev–Trinajstić information content (AvgIpc) is 2.56. The lowest BCUT2D eigenvalue weighted by Crippen LogP contribution is -2.15. The second-order valence-electron chi connectivity index (χ2n) is 5.08. The van der Waals surface area contributed by atoms with Crippen molar-refractivity contribution in [1.29, 1.82) is 0 Å². The maximum atomic E-state index is 12.7. The van der Waals surface area contributed by atoms with E-state index in [9.17, 15) is 13.2 Å². The number of ether oxygens (including phenoxy) is 1. The fourth-order valence-corrected chi connectivity index (χ4v) is 3.90. The minimum Gasteiger partial charge on any atom is -0.492 e. The fraction of sp³-hybridized carbons (Fsp3) is 0.235. The second-order valence-corrected chi connectivity index (χ2v) is 7.61. The van der Waals surface area contributed by atoms with Crippen molar-refractivity contribution in [1.82, 2.24) is 0 Å². The van der Waals surface area contributed by atoms with Crippen molar-refractivity contribution in [2.24, 2.45) is 0 Å². The Bertz CT molecular complexity index is 867. The third-order valence-electron chi connectivity index (χ3n) is 3.22. The van der Waals surface area contributed by atoms with Crippen LogP contribution in [0.15, 0.2) is 52.3 Å². The van der Waals surface area contributed by atoms with Crippen LogP contribution in [0.3, 0.4) is 0 Å². The Kier molecular flexibility index (Phi) is 6.33. The van der Waals surface area contributed by atoms with Gasteiger partial charge in [0.15, 0.2) is 0 Å². The van der Waals surface area contributed by atoms with E-state index in [1.165, 1.54) is 36.9 Å². The SMILES string of the molecule is CCOc1ccc(S(=O)(=O)Nc2ccccc2SC)cc1NC(C)=O. The number of benzene rings is 2. The summed E-state index contributed by atoms with van der Waals surface area (Å²) >= 11 is 1.45. The van der Waals surface area contributed by atoms with Gasteiger partial charge in [-0.05, 0) is 43.5 Å². The van der Waals surface area contributed by atoms with Gasteiger partial charge in [0.1, 0.15) is 5.75 Å². The molecular weight excluding hydrogens is 360 g/mol. The highest BCUT2D eigenvalue weighted by molar-refractivity contribution is 7.99. The predicted octanol–water partition coefficient (Wildman–Crippen LogP) is 3.57. The van der Waals surface area contributed by atoms with Gasteiger partial charge in [-0.25, -0.2) is 8.42 Å². The Labute approximate surface area is 152 Å². The summed E-state index contributed by atoms with van der Waals surface area (Å²) in [6.07, 6.45) is 1.87. The Morgan fingerprint density at radius 3 is 2.52 bits per heavy atom. The number of hydrogen-bond acceptors (Lipinski definition) is 5. The van der Waals surface area contributed by atoms with Crippen LogP contribution in [0, 0.1) is 0 Å². The van der Waals surface area contributed by atoms with Crippen LogP contribution in [-0.2, 0) is 14.8 Å². The molecule has 0 aliphatic carbocycles. The van der Waals surface area contributed by atoms with Gasteiger partial charge in [-0.1, -0.05) is 12.1 Å². The third-order valence-corrected chi connectivity index (χ3v) is 5.38. The van der Waals surface area contributed by atoms with Crippen LogP contribution in [0.2, 0.25) is 0 Å². The third kappa shape index (κ3) is 4.90. The van der Waals surface area contributed by atoms with Gasteiger partial charge in [-0.3, -0.25) is 9.52 Å². The lowest BCUT2D eigenvalue weighted by Gasteiger charge is -2.14. The van der Waals surface area contributed by atoms with E-state index in [4.69, 9.17) is 4.74 Å². The summed E-state index contributed by atoms with van der Waals surface area (Å²) in [4.78, 5) is 12.2. The first-order chi connectivity index (χ1) is 11.9. The van der Waals surface area contributed by atoms with Gasteiger partial charge in [0.2, 0.25) is 5.91 Å². The van der Waals surface area contributed by atoms with Crippen LogP contribution in [0.5, 0.6) is 5.75 Å². The average molecular weight is 380 g/mol. The van der Waals surface area contributed by atoms with Gasteiger partial charge >= 0.3 is 0 Å². The Morgan fingerprint density at radius 1 is 1.16 bits per heavy atom. The van der Waals surface area contributed by atoms with Crippen molar-refractivity contribution in [3.63, 3.8) is 0 Å². The molecule has 0 radical (unpaired) electrons. The number of anilines is 2. The van der Waals surface area contributed by atoms with E-state index in [0.717, 1.165) is 4.90 Å². The van der Waals surface area contributed by atoms with E-state index < -0.39 is 10.0 Å². The molecule has 0 saturated heterocycles. The number of para-hydroxylation sites is 1. The molecule has 0 bridgehead atoms. The zero-order valence-corrected chi connectivity index (χ0v) is 15.8. The number of nitrogens with one attached hydrogen (secondary N) is 2. The van der Waals surface area contributed by atoms with Crippen molar-refractivity contribution in [2.75, 3.05) is 22.9 Å². The zero-order valence-electron chi connectivity index (χ0n) is 14.2. The van der Waals surface area contributed by atoms with Gasteiger partial charge in [0.25, 0.3) is 10.0 Å². The van der Waals surface area contributed by atoms with Gasteiger partial charge in [0.05, 0.1) is 22.9 Å². The van der Waals surface area contributed by atoms with Crippen LogP contribution in [0.25, 0.3) is 0 Å². The summed E-state index contributed by atoms with van der Waals surface area (Å²) in [6, 6.07) is 11.5. The molecule has 6 nitrogen and oxygen atoms in total. The van der Waals surface area contributed by atoms with Gasteiger partial charge < -0.3 is 10.1 Å². The summed E-state index contributed by atoms with van der Waals surface area (Å²) in [5.74, 6) is 0.109. The standard InChI is InChI=1S/C17H20N2O4S2/c1-4-23-16-10-9-13(11-15(16)18-12(2)20)25(21,22)19-14-7-5-6-8-17(14)24-3/h5-11,19H,4H2,1-3H3,(H,18,20). The van der Waals surface area contributed by atoms with Crippen LogP contribution in [0.4, 0.5) is 11.4 Å². The first-order valence-corrected chi connectivity index (χ1v) is 10.3. The Hall–Kier alpha value is -2.19. The van der Waals surface area contributed by atoms with Crippen molar-refractivity contribution in [3.05, 3.63) is 42.5 Å². The zero-order chi connectivity index (χ0) is 18.4. The lowest BCUT2D eigenvalue weighted by atomic mass is 10.3. The molecule has 8 heteroatoms. The minimum atomic E-state index is -3.81. The molecule has 2 rings (SSSR count). The van der Waals surface area contributed by atoms with Gasteiger partial charge in [0, 0.05) is 11.8 Å². The molecule has 2 aromatic rings. The minimum absolute atomic E-state index is 0.0376. The maximum Gasteiger partial charge on any atom is 0.262 e. The molecule has 0 aliphatic heterocycles. The van der Waals surface area contributed by atoms with E-state index >= 15 is 0 Å². The second kappa shape index (κ2) is 8.26. The number of rotatable bonds is 7. The van der Waals surface area contributed by atoms with Crippen molar-refractivity contribution in [3.8, 4) is 5.75 Å². The molecule has 0 saturated carbocycles. The highest BCUT2D eigenvalue weighted by atomic mass is 32.2. The van der Waals surface area contributed by atoms with Crippen LogP contribution < -0.4 is 14.8 Å². The van der Waals surface area contributed by atoms with E-state index in [-0.39, 0.29) is 10.8 Å². The molecule has 1 amide bonds. The van der Waals surface area contributed by atoms with E-state index in [2.05, 4.69) is 10.0 Å².